The molecule has 1 saturated heterocycles. The molecule has 0 radical (unpaired) electrons. The van der Waals surface area contributed by atoms with Crippen LogP contribution in [0.3, 0.4) is 0 Å². The smallest absolute Gasteiger partial charge is 0.300 e. The van der Waals surface area contributed by atoms with Crippen LogP contribution in [0.2, 0.25) is 0 Å². The summed E-state index contributed by atoms with van der Waals surface area (Å²) in [4.78, 5) is 21.1. The number of hydrogen-bond acceptors (Lipinski definition) is 4. The van der Waals surface area contributed by atoms with E-state index in [2.05, 4.69) is 55.8 Å². The lowest BCUT2D eigenvalue weighted by Crippen LogP contribution is -2.30. The molecule has 0 N–H and O–H groups in total. The number of allylic oxidation sites excluding steroid dienone is 4. The van der Waals surface area contributed by atoms with Gasteiger partial charge in [0.05, 0.1) is 0 Å². The zero-order chi connectivity index (χ0) is 19.2. The van der Waals surface area contributed by atoms with Crippen LogP contribution in [0.15, 0.2) is 40.8 Å². The van der Waals surface area contributed by atoms with Crippen LogP contribution in [0.5, 0.6) is 0 Å². The lowest BCUT2D eigenvalue weighted by atomic mass is 9.82. The van der Waals surface area contributed by atoms with Crippen LogP contribution in [-0.2, 0) is 9.53 Å². The Balaban J connectivity index is 2.15. The van der Waals surface area contributed by atoms with Gasteiger partial charge in [0.2, 0.25) is 0 Å². The first-order valence-corrected chi connectivity index (χ1v) is 9.89. The number of likely N-dealkylation sites (N-methyl/N-ethyl adjacent to an activating group) is 2. The number of aliphatic imine (C=N–C) groups is 1. The Kier molecular flexibility index (Phi) is 7.06. The van der Waals surface area contributed by atoms with E-state index in [0.717, 1.165) is 32.4 Å². The van der Waals surface area contributed by atoms with Gasteiger partial charge in [-0.2, -0.15) is 0 Å². The molecule has 2 aliphatic rings. The lowest BCUT2D eigenvalue weighted by Gasteiger charge is -2.29. The molecule has 0 saturated carbocycles. The molecule has 0 aromatic carbocycles. The quantitative estimate of drug-likeness (QED) is 0.484. The fourth-order valence-corrected chi connectivity index (χ4v) is 3.20. The molecule has 1 heterocycles. The van der Waals surface area contributed by atoms with E-state index in [0.29, 0.717) is 24.9 Å². The van der Waals surface area contributed by atoms with Crippen molar-refractivity contribution in [2.75, 3.05) is 26.2 Å². The average molecular weight is 360 g/mol. The Morgan fingerprint density at radius 1 is 1.31 bits per heavy atom. The summed E-state index contributed by atoms with van der Waals surface area (Å²) in [6, 6.07) is 0.444. The van der Waals surface area contributed by atoms with Gasteiger partial charge < -0.3 is 9.64 Å². The molecule has 144 valence electrons. The SMILES string of the molecule is CCCCN=C1O/C(=C/C2(C)C=CC(N(CC)CC)=CC2)C(=O)N1CC. The number of amidine groups is 1. The van der Waals surface area contributed by atoms with Crippen LogP contribution in [0, 0.1) is 5.41 Å². The van der Waals surface area contributed by atoms with Gasteiger partial charge in [-0.25, -0.2) is 4.99 Å². The Bertz CT molecular complexity index is 629. The van der Waals surface area contributed by atoms with Crippen molar-refractivity contribution in [2.45, 2.75) is 53.9 Å². The van der Waals surface area contributed by atoms with Gasteiger partial charge in [0.25, 0.3) is 11.9 Å². The first kappa shape index (κ1) is 20.3. The van der Waals surface area contributed by atoms with Crippen molar-refractivity contribution >= 4 is 11.9 Å². The predicted molar refractivity (Wildman–Crippen MR) is 107 cm³/mol. The van der Waals surface area contributed by atoms with Crippen molar-refractivity contribution in [1.82, 2.24) is 9.80 Å². The van der Waals surface area contributed by atoms with Gasteiger partial charge in [-0.15, -0.1) is 0 Å². The number of rotatable bonds is 8. The summed E-state index contributed by atoms with van der Waals surface area (Å²) in [6.07, 6.45) is 11.4. The largest absolute Gasteiger partial charge is 0.420 e. The summed E-state index contributed by atoms with van der Waals surface area (Å²) in [7, 11) is 0. The predicted octanol–water partition coefficient (Wildman–Crippen LogP) is 4.10. The molecule has 0 spiro atoms. The first-order chi connectivity index (χ1) is 12.5. The van der Waals surface area contributed by atoms with Crippen LogP contribution in [-0.4, -0.2) is 47.9 Å². The third-order valence-corrected chi connectivity index (χ3v) is 4.94. The molecule has 5 heteroatoms. The number of ether oxygens (including phenoxy) is 1. The van der Waals surface area contributed by atoms with Gasteiger partial charge in [0.15, 0.2) is 5.76 Å². The van der Waals surface area contributed by atoms with E-state index in [1.54, 1.807) is 4.90 Å². The Labute approximate surface area is 158 Å². The zero-order valence-electron chi connectivity index (χ0n) is 16.9. The highest BCUT2D eigenvalue weighted by molar-refractivity contribution is 6.09. The highest BCUT2D eigenvalue weighted by Gasteiger charge is 2.35. The van der Waals surface area contributed by atoms with E-state index < -0.39 is 0 Å². The van der Waals surface area contributed by atoms with E-state index in [1.165, 1.54) is 5.70 Å². The third-order valence-electron chi connectivity index (χ3n) is 4.94. The van der Waals surface area contributed by atoms with Crippen molar-refractivity contribution < 1.29 is 9.53 Å². The number of nitrogens with zero attached hydrogens (tertiary/aromatic N) is 3. The van der Waals surface area contributed by atoms with Crippen LogP contribution >= 0.6 is 0 Å². The number of hydrogen-bond donors (Lipinski definition) is 0. The molecule has 1 aliphatic heterocycles. The van der Waals surface area contributed by atoms with Gasteiger partial charge in [-0.05, 0) is 45.8 Å². The standard InChI is InChI=1S/C21H33N3O2/c1-6-10-15-22-20-24(9-4)19(25)18(26-20)16-21(5)13-11-17(12-14-21)23(7-2)8-3/h11-13,16H,6-10,14-15H2,1-5H3/b18-16+,22-20?. The molecule has 2 rings (SSSR count). The zero-order valence-corrected chi connectivity index (χ0v) is 16.9. The molecule has 0 aromatic heterocycles. The molecule has 0 bridgehead atoms. The summed E-state index contributed by atoms with van der Waals surface area (Å²) in [5.41, 5.74) is 1.03. The van der Waals surface area contributed by atoms with Gasteiger partial charge in [0, 0.05) is 37.3 Å². The fourth-order valence-electron chi connectivity index (χ4n) is 3.20. The van der Waals surface area contributed by atoms with Gasteiger partial charge in [-0.3, -0.25) is 9.69 Å². The van der Waals surface area contributed by atoms with Crippen molar-refractivity contribution in [3.63, 3.8) is 0 Å². The van der Waals surface area contributed by atoms with E-state index in [9.17, 15) is 4.79 Å². The Morgan fingerprint density at radius 2 is 2.04 bits per heavy atom. The lowest BCUT2D eigenvalue weighted by molar-refractivity contribution is -0.122. The van der Waals surface area contributed by atoms with Crippen molar-refractivity contribution in [1.29, 1.82) is 0 Å². The molecule has 1 aliphatic carbocycles. The number of carbonyl (C=O) groups is 1. The normalized spacial score (nSPS) is 25.8. The topological polar surface area (TPSA) is 45.1 Å². The molecule has 1 fully saturated rings. The minimum atomic E-state index is -0.222. The summed E-state index contributed by atoms with van der Waals surface area (Å²) < 4.78 is 5.83. The van der Waals surface area contributed by atoms with Crippen molar-refractivity contribution in [3.05, 3.63) is 35.8 Å². The van der Waals surface area contributed by atoms with Gasteiger partial charge in [0.1, 0.15) is 0 Å². The minimum absolute atomic E-state index is 0.0871. The Morgan fingerprint density at radius 3 is 2.58 bits per heavy atom. The molecule has 1 amide bonds. The fraction of sp³-hybridized carbons (Fsp3) is 0.619. The highest BCUT2D eigenvalue weighted by atomic mass is 16.5. The maximum atomic E-state index is 12.7. The van der Waals surface area contributed by atoms with E-state index in [4.69, 9.17) is 4.74 Å². The maximum Gasteiger partial charge on any atom is 0.300 e. The average Bonchev–Trinajstić information content (AvgIpc) is 2.92. The van der Waals surface area contributed by atoms with Crippen LogP contribution < -0.4 is 0 Å². The second kappa shape index (κ2) is 9.06. The van der Waals surface area contributed by atoms with Crippen LogP contribution in [0.1, 0.15) is 53.9 Å². The van der Waals surface area contributed by atoms with Crippen LogP contribution in [0.25, 0.3) is 0 Å². The minimum Gasteiger partial charge on any atom is -0.420 e. The molecule has 26 heavy (non-hydrogen) atoms. The van der Waals surface area contributed by atoms with Crippen molar-refractivity contribution in [2.24, 2.45) is 10.4 Å². The Hall–Kier alpha value is -2.04. The molecular formula is C21H33N3O2. The summed E-state index contributed by atoms with van der Waals surface area (Å²) in [5, 5.41) is 0. The molecular weight excluding hydrogens is 326 g/mol. The van der Waals surface area contributed by atoms with Gasteiger partial charge >= 0.3 is 0 Å². The molecule has 5 nitrogen and oxygen atoms in total. The first-order valence-electron chi connectivity index (χ1n) is 9.89. The van der Waals surface area contributed by atoms with E-state index in [1.807, 2.05) is 13.0 Å². The number of carbonyl (C=O) groups excluding carboxylic acids is 1. The number of unbranched alkanes of at least 4 members (excludes halogenated alkanes) is 1. The summed E-state index contributed by atoms with van der Waals surface area (Å²) in [5.74, 6) is 0.310. The second-order valence-corrected chi connectivity index (χ2v) is 7.02. The molecule has 0 aromatic rings. The highest BCUT2D eigenvalue weighted by Crippen LogP contribution is 2.34. The van der Waals surface area contributed by atoms with Crippen molar-refractivity contribution in [3.8, 4) is 0 Å². The van der Waals surface area contributed by atoms with E-state index in [-0.39, 0.29) is 11.3 Å². The monoisotopic (exact) mass is 359 g/mol. The van der Waals surface area contributed by atoms with Crippen LogP contribution in [0.4, 0.5) is 0 Å². The molecule has 1 atom stereocenters. The third kappa shape index (κ3) is 4.57. The van der Waals surface area contributed by atoms with Gasteiger partial charge in [-0.1, -0.05) is 32.4 Å². The second-order valence-electron chi connectivity index (χ2n) is 7.02. The van der Waals surface area contributed by atoms with E-state index >= 15 is 0 Å². The summed E-state index contributed by atoms with van der Waals surface area (Å²) >= 11 is 0. The maximum absolute atomic E-state index is 12.7. The molecule has 1 unspecified atom stereocenters. The number of amides is 1. The summed E-state index contributed by atoms with van der Waals surface area (Å²) in [6.45, 7) is 13.8.